The molecule has 116 valence electrons. The zero-order valence-electron chi connectivity index (χ0n) is 12.3. The molecule has 2 rings (SSSR count). The molecule has 6 heteroatoms. The van der Waals surface area contributed by atoms with Gasteiger partial charge in [0.05, 0.1) is 4.90 Å². The Morgan fingerprint density at radius 2 is 2.00 bits per heavy atom. The van der Waals surface area contributed by atoms with Gasteiger partial charge in [-0.3, -0.25) is 4.79 Å². The maximum atomic E-state index is 12.2. The molecular formula is C15H20ClNO3S. The molecule has 0 spiro atoms. The number of hydrogen-bond donors (Lipinski definition) is 1. The van der Waals surface area contributed by atoms with Gasteiger partial charge in [-0.1, -0.05) is 13.3 Å². The summed E-state index contributed by atoms with van der Waals surface area (Å²) in [5.41, 5.74) is 1.25. The first-order valence-electron chi connectivity index (χ1n) is 7.10. The molecule has 0 aromatic heterocycles. The number of carbonyl (C=O) groups is 1. The fourth-order valence-corrected chi connectivity index (χ4v) is 3.58. The second kappa shape index (κ2) is 5.97. The van der Waals surface area contributed by atoms with Gasteiger partial charge in [0.1, 0.15) is 0 Å². The molecule has 1 aromatic rings. The standard InChI is InChI=1S/C15H20ClNO3S/c1-3-15(5-4-6-15)10-17-14(18)12-7-11(2)8-13(9-12)21(16,19)20/h7-9H,3-6,10H2,1-2H3,(H,17,18). The van der Waals surface area contributed by atoms with Gasteiger partial charge in [-0.2, -0.15) is 0 Å². The van der Waals surface area contributed by atoms with E-state index in [1.165, 1.54) is 18.6 Å². The highest BCUT2D eigenvalue weighted by Gasteiger charge is 2.35. The van der Waals surface area contributed by atoms with Crippen LogP contribution in [0.1, 0.15) is 48.5 Å². The second-order valence-electron chi connectivity index (χ2n) is 5.86. The first-order chi connectivity index (χ1) is 9.76. The smallest absolute Gasteiger partial charge is 0.261 e. The summed E-state index contributed by atoms with van der Waals surface area (Å²) in [6.45, 7) is 4.51. The van der Waals surface area contributed by atoms with Crippen LogP contribution >= 0.6 is 10.7 Å². The first kappa shape index (κ1) is 16.3. The zero-order valence-corrected chi connectivity index (χ0v) is 13.9. The van der Waals surface area contributed by atoms with E-state index in [1.54, 1.807) is 13.0 Å². The van der Waals surface area contributed by atoms with Gasteiger partial charge >= 0.3 is 0 Å². The summed E-state index contributed by atoms with van der Waals surface area (Å²) in [6.07, 6.45) is 4.53. The third-order valence-corrected chi connectivity index (χ3v) is 5.72. The fourth-order valence-electron chi connectivity index (χ4n) is 2.72. The highest BCUT2D eigenvalue weighted by molar-refractivity contribution is 8.13. The Morgan fingerprint density at radius 3 is 2.48 bits per heavy atom. The number of rotatable bonds is 5. The van der Waals surface area contributed by atoms with Crippen molar-refractivity contribution in [1.82, 2.24) is 5.32 Å². The van der Waals surface area contributed by atoms with Gasteiger partial charge in [-0.15, -0.1) is 0 Å². The molecule has 1 aromatic carbocycles. The van der Waals surface area contributed by atoms with Gasteiger partial charge in [0.15, 0.2) is 0 Å². The van der Waals surface area contributed by atoms with Crippen LogP contribution in [0.5, 0.6) is 0 Å². The van der Waals surface area contributed by atoms with E-state index in [-0.39, 0.29) is 16.2 Å². The van der Waals surface area contributed by atoms with Gasteiger partial charge in [0.2, 0.25) is 0 Å². The van der Waals surface area contributed by atoms with Crippen molar-refractivity contribution in [3.63, 3.8) is 0 Å². The molecule has 1 aliphatic rings. The van der Waals surface area contributed by atoms with E-state index in [4.69, 9.17) is 10.7 Å². The summed E-state index contributed by atoms with van der Waals surface area (Å²) in [4.78, 5) is 12.2. The van der Waals surface area contributed by atoms with Gasteiger partial charge in [-0.05, 0) is 55.4 Å². The molecule has 21 heavy (non-hydrogen) atoms. The summed E-state index contributed by atoms with van der Waals surface area (Å²) in [7, 11) is 1.52. The van der Waals surface area contributed by atoms with Gasteiger partial charge in [-0.25, -0.2) is 8.42 Å². The van der Waals surface area contributed by atoms with Crippen molar-refractivity contribution in [2.75, 3.05) is 6.54 Å². The Morgan fingerprint density at radius 1 is 1.33 bits per heavy atom. The molecule has 1 N–H and O–H groups in total. The van der Waals surface area contributed by atoms with Crippen LogP contribution in [-0.4, -0.2) is 20.9 Å². The second-order valence-corrected chi connectivity index (χ2v) is 8.43. The highest BCUT2D eigenvalue weighted by Crippen LogP contribution is 2.43. The van der Waals surface area contributed by atoms with Crippen molar-refractivity contribution < 1.29 is 13.2 Å². The minimum atomic E-state index is -3.83. The largest absolute Gasteiger partial charge is 0.351 e. The topological polar surface area (TPSA) is 63.2 Å². The van der Waals surface area contributed by atoms with E-state index < -0.39 is 9.05 Å². The molecule has 0 radical (unpaired) electrons. The monoisotopic (exact) mass is 329 g/mol. The third-order valence-electron chi connectivity index (χ3n) is 4.38. The molecule has 0 heterocycles. The van der Waals surface area contributed by atoms with Crippen molar-refractivity contribution in [2.45, 2.75) is 44.4 Å². The SMILES string of the molecule is CCC1(CNC(=O)c2cc(C)cc(S(=O)(=O)Cl)c2)CCC1. The van der Waals surface area contributed by atoms with Crippen LogP contribution in [0.15, 0.2) is 23.1 Å². The average molecular weight is 330 g/mol. The lowest BCUT2D eigenvalue weighted by Gasteiger charge is -2.41. The molecule has 1 fully saturated rings. The van der Waals surface area contributed by atoms with Crippen LogP contribution in [0.4, 0.5) is 0 Å². The molecule has 4 nitrogen and oxygen atoms in total. The quantitative estimate of drug-likeness (QED) is 0.843. The van der Waals surface area contributed by atoms with Crippen LogP contribution in [-0.2, 0) is 9.05 Å². The Hall–Kier alpha value is -1.07. The van der Waals surface area contributed by atoms with Crippen molar-refractivity contribution in [2.24, 2.45) is 5.41 Å². The van der Waals surface area contributed by atoms with E-state index >= 15 is 0 Å². The number of hydrogen-bond acceptors (Lipinski definition) is 3. The highest BCUT2D eigenvalue weighted by atomic mass is 35.7. The average Bonchev–Trinajstić information content (AvgIpc) is 2.36. The third kappa shape index (κ3) is 3.77. The van der Waals surface area contributed by atoms with Gasteiger partial charge < -0.3 is 5.32 Å². The molecule has 0 bridgehead atoms. The van der Waals surface area contributed by atoms with Crippen LogP contribution < -0.4 is 5.32 Å². The molecule has 0 atom stereocenters. The summed E-state index contributed by atoms with van der Waals surface area (Å²) in [5, 5.41) is 2.92. The van der Waals surface area contributed by atoms with Crippen LogP contribution in [0.3, 0.4) is 0 Å². The maximum absolute atomic E-state index is 12.2. The molecule has 0 unspecified atom stereocenters. The molecule has 0 aliphatic heterocycles. The normalized spacial score (nSPS) is 17.1. The molecule has 1 saturated carbocycles. The van der Waals surface area contributed by atoms with E-state index in [2.05, 4.69) is 12.2 Å². The van der Waals surface area contributed by atoms with Crippen LogP contribution in [0, 0.1) is 12.3 Å². The number of halogens is 1. The number of amides is 1. The fraction of sp³-hybridized carbons (Fsp3) is 0.533. The van der Waals surface area contributed by atoms with E-state index in [9.17, 15) is 13.2 Å². The Kier molecular flexibility index (Phi) is 4.63. The summed E-state index contributed by atoms with van der Waals surface area (Å²) in [6, 6.07) is 4.45. The van der Waals surface area contributed by atoms with Crippen molar-refractivity contribution in [3.8, 4) is 0 Å². The lowest BCUT2D eigenvalue weighted by atomic mass is 9.67. The zero-order chi connectivity index (χ0) is 15.7. The minimum Gasteiger partial charge on any atom is -0.351 e. The maximum Gasteiger partial charge on any atom is 0.261 e. The Balaban J connectivity index is 2.14. The summed E-state index contributed by atoms with van der Waals surface area (Å²) >= 11 is 0. The van der Waals surface area contributed by atoms with Crippen LogP contribution in [0.2, 0.25) is 0 Å². The minimum absolute atomic E-state index is 0.0387. The predicted octanol–water partition coefficient (Wildman–Crippen LogP) is 3.23. The van der Waals surface area contributed by atoms with E-state index in [1.807, 2.05) is 0 Å². The number of carbonyl (C=O) groups excluding carboxylic acids is 1. The van der Waals surface area contributed by atoms with Crippen molar-refractivity contribution in [3.05, 3.63) is 29.3 Å². The lowest BCUT2D eigenvalue weighted by molar-refractivity contribution is 0.0850. The number of nitrogens with one attached hydrogen (secondary N) is 1. The first-order valence-corrected chi connectivity index (χ1v) is 9.41. The predicted molar refractivity (Wildman–Crippen MR) is 83.1 cm³/mol. The van der Waals surface area contributed by atoms with Gasteiger partial charge in [0, 0.05) is 22.8 Å². The van der Waals surface area contributed by atoms with Crippen molar-refractivity contribution in [1.29, 1.82) is 0 Å². The Bertz CT molecular complexity index is 645. The van der Waals surface area contributed by atoms with Gasteiger partial charge in [0.25, 0.3) is 15.0 Å². The van der Waals surface area contributed by atoms with E-state index in [0.29, 0.717) is 17.7 Å². The van der Waals surface area contributed by atoms with Crippen LogP contribution in [0.25, 0.3) is 0 Å². The molecule has 1 aliphatic carbocycles. The lowest BCUT2D eigenvalue weighted by Crippen LogP contribution is -2.41. The Labute approximate surface area is 130 Å². The summed E-state index contributed by atoms with van der Waals surface area (Å²) < 4.78 is 22.8. The summed E-state index contributed by atoms with van der Waals surface area (Å²) in [5.74, 6) is -0.250. The molecule has 1 amide bonds. The number of aryl methyl sites for hydroxylation is 1. The number of benzene rings is 1. The van der Waals surface area contributed by atoms with E-state index in [0.717, 1.165) is 19.3 Å². The molecular weight excluding hydrogens is 310 g/mol. The van der Waals surface area contributed by atoms with Crippen molar-refractivity contribution >= 4 is 25.6 Å². The molecule has 0 saturated heterocycles.